The highest BCUT2D eigenvalue weighted by Crippen LogP contribution is 2.30. The van der Waals surface area contributed by atoms with E-state index < -0.39 is 5.78 Å². The summed E-state index contributed by atoms with van der Waals surface area (Å²) in [5, 5.41) is 0. The second kappa shape index (κ2) is 9.73. The van der Waals surface area contributed by atoms with E-state index in [0.717, 1.165) is 30.4 Å². The maximum Gasteiger partial charge on any atom is 0.221 e. The molecule has 0 radical (unpaired) electrons. The molecule has 0 saturated carbocycles. The smallest absolute Gasteiger partial charge is 0.221 e. The van der Waals surface area contributed by atoms with Crippen molar-refractivity contribution in [2.75, 3.05) is 0 Å². The second-order valence-corrected chi connectivity index (χ2v) is 6.42. The van der Waals surface area contributed by atoms with Crippen molar-refractivity contribution in [1.29, 1.82) is 0 Å². The Labute approximate surface area is 150 Å². The largest absolute Gasteiger partial charge is 0.290 e. The summed E-state index contributed by atoms with van der Waals surface area (Å²) in [4.78, 5) is 25.0. The van der Waals surface area contributed by atoms with E-state index in [-0.39, 0.29) is 17.6 Å². The zero-order chi connectivity index (χ0) is 18.1. The van der Waals surface area contributed by atoms with Gasteiger partial charge in [-0.15, -0.1) is 0 Å². The summed E-state index contributed by atoms with van der Waals surface area (Å²) < 4.78 is 0. The summed E-state index contributed by atoms with van der Waals surface area (Å²) in [6.07, 6.45) is 6.15. The lowest BCUT2D eigenvalue weighted by Crippen LogP contribution is -2.25. The summed E-state index contributed by atoms with van der Waals surface area (Å²) in [6, 6.07) is 19.6. The van der Waals surface area contributed by atoms with Crippen LogP contribution in [0, 0.1) is 5.92 Å². The van der Waals surface area contributed by atoms with Crippen molar-refractivity contribution in [2.45, 2.75) is 39.0 Å². The molecule has 0 amide bonds. The highest BCUT2D eigenvalue weighted by atomic mass is 16.2. The molecule has 0 N–H and O–H groups in total. The SMILES string of the molecule is CCCCC(c1ccccc1)C(C)C(=O)C(=O)/C=C/c1ccccc1. The quantitative estimate of drug-likeness (QED) is 0.451. The van der Waals surface area contributed by atoms with Crippen molar-refractivity contribution < 1.29 is 9.59 Å². The number of carbonyl (C=O) groups excluding carboxylic acids is 2. The molecule has 2 heteroatoms. The molecule has 2 atom stereocenters. The summed E-state index contributed by atoms with van der Waals surface area (Å²) in [6.45, 7) is 4.02. The van der Waals surface area contributed by atoms with Gasteiger partial charge >= 0.3 is 0 Å². The number of hydrogen-bond acceptors (Lipinski definition) is 2. The minimum atomic E-state index is -0.422. The lowest BCUT2D eigenvalue weighted by atomic mass is 9.80. The van der Waals surface area contributed by atoms with Gasteiger partial charge in [-0.25, -0.2) is 0 Å². The Hall–Kier alpha value is -2.48. The van der Waals surface area contributed by atoms with Gasteiger partial charge in [0.1, 0.15) is 0 Å². The molecule has 0 heterocycles. The van der Waals surface area contributed by atoms with Crippen LogP contribution in [0.1, 0.15) is 50.2 Å². The Balaban J connectivity index is 2.11. The molecule has 0 spiro atoms. The Morgan fingerprint density at radius 2 is 1.56 bits per heavy atom. The van der Waals surface area contributed by atoms with E-state index in [0.29, 0.717) is 0 Å². The first-order valence-corrected chi connectivity index (χ1v) is 8.99. The maximum absolute atomic E-state index is 12.6. The van der Waals surface area contributed by atoms with Gasteiger partial charge in [0, 0.05) is 5.92 Å². The van der Waals surface area contributed by atoms with Gasteiger partial charge in [-0.2, -0.15) is 0 Å². The van der Waals surface area contributed by atoms with Gasteiger partial charge in [0.15, 0.2) is 0 Å². The standard InChI is InChI=1S/C23H26O2/c1-3-4-15-21(20-13-9-6-10-14-20)18(2)23(25)22(24)17-16-19-11-7-5-8-12-19/h5-14,16-18,21H,3-4,15H2,1-2H3/b17-16+. The van der Waals surface area contributed by atoms with Crippen LogP contribution >= 0.6 is 0 Å². The lowest BCUT2D eigenvalue weighted by molar-refractivity contribution is -0.136. The average molecular weight is 334 g/mol. The lowest BCUT2D eigenvalue weighted by Gasteiger charge is -2.22. The molecule has 0 aliphatic heterocycles. The number of rotatable bonds is 9. The monoisotopic (exact) mass is 334 g/mol. The van der Waals surface area contributed by atoms with Crippen molar-refractivity contribution >= 4 is 17.6 Å². The van der Waals surface area contributed by atoms with E-state index in [9.17, 15) is 9.59 Å². The fraction of sp³-hybridized carbons (Fsp3) is 0.304. The third kappa shape index (κ3) is 5.53. The van der Waals surface area contributed by atoms with Crippen molar-refractivity contribution in [3.05, 3.63) is 77.9 Å². The normalized spacial score (nSPS) is 13.5. The summed E-state index contributed by atoms with van der Waals surface area (Å²) in [5.41, 5.74) is 2.05. The van der Waals surface area contributed by atoms with E-state index >= 15 is 0 Å². The molecule has 2 nitrogen and oxygen atoms in total. The Morgan fingerprint density at radius 3 is 2.16 bits per heavy atom. The Morgan fingerprint density at radius 1 is 0.960 bits per heavy atom. The minimum Gasteiger partial charge on any atom is -0.290 e. The summed E-state index contributed by atoms with van der Waals surface area (Å²) in [7, 11) is 0. The van der Waals surface area contributed by atoms with Crippen LogP contribution < -0.4 is 0 Å². The highest BCUT2D eigenvalue weighted by Gasteiger charge is 2.28. The van der Waals surface area contributed by atoms with Crippen LogP contribution in [0.5, 0.6) is 0 Å². The molecule has 0 aliphatic rings. The average Bonchev–Trinajstić information content (AvgIpc) is 2.67. The predicted octanol–water partition coefficient (Wildman–Crippen LogP) is 5.45. The first-order chi connectivity index (χ1) is 12.1. The minimum absolute atomic E-state index is 0.0859. The molecule has 0 fully saturated rings. The van der Waals surface area contributed by atoms with E-state index in [4.69, 9.17) is 0 Å². The Kier molecular flexibility index (Phi) is 7.34. The Bertz CT molecular complexity index is 701. The number of unbranched alkanes of at least 4 members (excludes halogenated alkanes) is 1. The van der Waals surface area contributed by atoms with Gasteiger partial charge in [0.2, 0.25) is 11.6 Å². The molecule has 25 heavy (non-hydrogen) atoms. The molecular weight excluding hydrogens is 308 g/mol. The zero-order valence-electron chi connectivity index (χ0n) is 15.0. The topological polar surface area (TPSA) is 34.1 Å². The zero-order valence-corrected chi connectivity index (χ0v) is 15.0. The molecular formula is C23H26O2. The number of allylic oxidation sites excluding steroid dienone is 1. The van der Waals surface area contributed by atoms with Gasteiger partial charge in [-0.3, -0.25) is 9.59 Å². The molecule has 2 aromatic carbocycles. The third-order valence-electron chi connectivity index (χ3n) is 4.58. The van der Waals surface area contributed by atoms with E-state index in [1.807, 2.05) is 67.6 Å². The van der Waals surface area contributed by atoms with E-state index in [1.165, 1.54) is 6.08 Å². The highest BCUT2D eigenvalue weighted by molar-refractivity contribution is 6.43. The van der Waals surface area contributed by atoms with Crippen molar-refractivity contribution in [1.82, 2.24) is 0 Å². The molecule has 130 valence electrons. The molecule has 2 unspecified atom stereocenters. The number of carbonyl (C=O) groups is 2. The third-order valence-corrected chi connectivity index (χ3v) is 4.58. The maximum atomic E-state index is 12.6. The van der Waals surface area contributed by atoms with Crippen LogP contribution in [0.25, 0.3) is 6.08 Å². The van der Waals surface area contributed by atoms with Crippen LogP contribution in [0.2, 0.25) is 0 Å². The summed E-state index contributed by atoms with van der Waals surface area (Å²) >= 11 is 0. The van der Waals surface area contributed by atoms with Gasteiger partial charge in [0.25, 0.3) is 0 Å². The molecule has 0 saturated heterocycles. The van der Waals surface area contributed by atoms with E-state index in [2.05, 4.69) is 6.92 Å². The van der Waals surface area contributed by atoms with E-state index in [1.54, 1.807) is 6.08 Å². The van der Waals surface area contributed by atoms with Crippen LogP contribution in [0.15, 0.2) is 66.7 Å². The first-order valence-electron chi connectivity index (χ1n) is 8.99. The molecule has 0 aromatic heterocycles. The number of benzene rings is 2. The molecule has 2 aromatic rings. The molecule has 0 aliphatic carbocycles. The fourth-order valence-corrected chi connectivity index (χ4v) is 3.05. The number of ketones is 2. The van der Waals surface area contributed by atoms with Gasteiger partial charge in [-0.1, -0.05) is 93.4 Å². The number of Topliss-reactive ketones (excluding diaryl/α,β-unsaturated/α-hetero) is 1. The predicted molar refractivity (Wildman–Crippen MR) is 103 cm³/mol. The second-order valence-electron chi connectivity index (χ2n) is 6.42. The van der Waals surface area contributed by atoms with Gasteiger partial charge in [-0.05, 0) is 29.5 Å². The molecule has 2 rings (SSSR count). The van der Waals surface area contributed by atoms with Crippen LogP contribution in [-0.4, -0.2) is 11.6 Å². The number of hydrogen-bond donors (Lipinski definition) is 0. The van der Waals surface area contributed by atoms with Crippen LogP contribution in [0.3, 0.4) is 0 Å². The molecule has 0 bridgehead atoms. The van der Waals surface area contributed by atoms with Gasteiger partial charge < -0.3 is 0 Å². The summed E-state index contributed by atoms with van der Waals surface area (Å²) in [5.74, 6) is -0.962. The van der Waals surface area contributed by atoms with Crippen LogP contribution in [0.4, 0.5) is 0 Å². The van der Waals surface area contributed by atoms with Crippen molar-refractivity contribution in [3.8, 4) is 0 Å². The van der Waals surface area contributed by atoms with Crippen molar-refractivity contribution in [2.24, 2.45) is 5.92 Å². The van der Waals surface area contributed by atoms with Crippen molar-refractivity contribution in [3.63, 3.8) is 0 Å². The fourth-order valence-electron chi connectivity index (χ4n) is 3.05. The van der Waals surface area contributed by atoms with Crippen LogP contribution in [-0.2, 0) is 9.59 Å². The van der Waals surface area contributed by atoms with Gasteiger partial charge in [0.05, 0.1) is 0 Å². The first kappa shape index (κ1) is 18.9.